The molecule has 0 atom stereocenters. The Morgan fingerprint density at radius 3 is 2.95 bits per heavy atom. The molecular formula is C12H9N5O3. The standard InChI is InChI=1S/C12H9N5O3/c1-2-9-10(19-6-18-9)5-7(1)14-12-17-16-11(20-12)8-3-4-13-15-8/h1-5H,6H2,(H,13,15)(H,14,17). The van der Waals surface area contributed by atoms with Gasteiger partial charge in [0.2, 0.25) is 6.79 Å². The normalized spacial score (nSPS) is 12.6. The molecule has 1 aliphatic rings. The monoisotopic (exact) mass is 271 g/mol. The summed E-state index contributed by atoms with van der Waals surface area (Å²) >= 11 is 0. The zero-order chi connectivity index (χ0) is 13.4. The summed E-state index contributed by atoms with van der Waals surface area (Å²) in [6.07, 6.45) is 1.62. The number of hydrogen-bond donors (Lipinski definition) is 2. The zero-order valence-electron chi connectivity index (χ0n) is 10.2. The molecule has 1 aliphatic heterocycles. The van der Waals surface area contributed by atoms with Gasteiger partial charge in [-0.1, -0.05) is 5.10 Å². The molecule has 0 amide bonds. The van der Waals surface area contributed by atoms with E-state index in [-0.39, 0.29) is 12.8 Å². The molecule has 0 fully saturated rings. The van der Waals surface area contributed by atoms with Crippen LogP contribution in [0.25, 0.3) is 11.6 Å². The highest BCUT2D eigenvalue weighted by atomic mass is 16.7. The molecule has 2 N–H and O–H groups in total. The van der Waals surface area contributed by atoms with Crippen LogP contribution in [0.3, 0.4) is 0 Å². The third-order valence-electron chi connectivity index (χ3n) is 2.78. The van der Waals surface area contributed by atoms with Crippen molar-refractivity contribution in [2.75, 3.05) is 12.1 Å². The second kappa shape index (κ2) is 4.26. The number of aromatic nitrogens is 4. The van der Waals surface area contributed by atoms with E-state index in [0.717, 1.165) is 11.4 Å². The van der Waals surface area contributed by atoms with Gasteiger partial charge in [-0.25, -0.2) is 0 Å². The van der Waals surface area contributed by atoms with Gasteiger partial charge >= 0.3 is 6.01 Å². The second-order valence-electron chi connectivity index (χ2n) is 4.08. The first kappa shape index (κ1) is 10.9. The van der Waals surface area contributed by atoms with Crippen LogP contribution in [-0.4, -0.2) is 27.2 Å². The van der Waals surface area contributed by atoms with Crippen molar-refractivity contribution in [3.8, 4) is 23.1 Å². The Bertz CT molecular complexity index is 737. The summed E-state index contributed by atoms with van der Waals surface area (Å²) in [7, 11) is 0. The number of ether oxygens (including phenoxy) is 2. The summed E-state index contributed by atoms with van der Waals surface area (Å²) in [6, 6.07) is 7.50. The molecule has 3 heterocycles. The van der Waals surface area contributed by atoms with Crippen molar-refractivity contribution in [1.29, 1.82) is 0 Å². The van der Waals surface area contributed by atoms with E-state index in [1.165, 1.54) is 0 Å². The number of hydrogen-bond acceptors (Lipinski definition) is 7. The molecular weight excluding hydrogens is 262 g/mol. The lowest BCUT2D eigenvalue weighted by molar-refractivity contribution is 0.174. The van der Waals surface area contributed by atoms with E-state index in [2.05, 4.69) is 25.7 Å². The predicted molar refractivity (Wildman–Crippen MR) is 67.7 cm³/mol. The van der Waals surface area contributed by atoms with Crippen molar-refractivity contribution in [3.05, 3.63) is 30.5 Å². The van der Waals surface area contributed by atoms with Gasteiger partial charge in [-0.3, -0.25) is 5.10 Å². The summed E-state index contributed by atoms with van der Waals surface area (Å²) in [5, 5.41) is 17.4. The van der Waals surface area contributed by atoms with Crippen LogP contribution in [0.4, 0.5) is 11.7 Å². The molecule has 0 bridgehead atoms. The molecule has 0 aliphatic carbocycles. The highest BCUT2D eigenvalue weighted by molar-refractivity contribution is 5.60. The van der Waals surface area contributed by atoms with Gasteiger partial charge in [0.15, 0.2) is 11.5 Å². The van der Waals surface area contributed by atoms with Crippen LogP contribution in [0.15, 0.2) is 34.9 Å². The van der Waals surface area contributed by atoms with E-state index in [0.29, 0.717) is 17.3 Å². The van der Waals surface area contributed by atoms with E-state index in [1.807, 2.05) is 18.2 Å². The van der Waals surface area contributed by atoms with Gasteiger partial charge in [0.05, 0.1) is 0 Å². The van der Waals surface area contributed by atoms with Crippen molar-refractivity contribution in [2.45, 2.75) is 0 Å². The topological polar surface area (TPSA) is 98.1 Å². The Balaban J connectivity index is 1.57. The number of fused-ring (bicyclic) bond motifs is 1. The van der Waals surface area contributed by atoms with E-state index < -0.39 is 0 Å². The zero-order valence-corrected chi connectivity index (χ0v) is 10.2. The van der Waals surface area contributed by atoms with Crippen molar-refractivity contribution in [3.63, 3.8) is 0 Å². The molecule has 8 heteroatoms. The average molecular weight is 271 g/mol. The van der Waals surface area contributed by atoms with Gasteiger partial charge in [-0.15, -0.1) is 5.10 Å². The predicted octanol–water partition coefficient (Wildman–Crippen LogP) is 1.93. The van der Waals surface area contributed by atoms with Crippen molar-refractivity contribution in [2.24, 2.45) is 0 Å². The molecule has 3 aromatic rings. The fourth-order valence-corrected chi connectivity index (χ4v) is 1.86. The number of benzene rings is 1. The third-order valence-corrected chi connectivity index (χ3v) is 2.78. The highest BCUT2D eigenvalue weighted by Crippen LogP contribution is 2.35. The Morgan fingerprint density at radius 2 is 2.05 bits per heavy atom. The number of H-pyrrole nitrogens is 1. The molecule has 8 nitrogen and oxygen atoms in total. The van der Waals surface area contributed by atoms with Gasteiger partial charge < -0.3 is 19.2 Å². The maximum atomic E-state index is 5.47. The van der Waals surface area contributed by atoms with Gasteiger partial charge in [0, 0.05) is 18.0 Å². The first-order valence-corrected chi connectivity index (χ1v) is 5.88. The van der Waals surface area contributed by atoms with Crippen molar-refractivity contribution < 1.29 is 13.9 Å². The van der Waals surface area contributed by atoms with Crippen LogP contribution in [0.1, 0.15) is 0 Å². The minimum atomic E-state index is 0.239. The van der Waals surface area contributed by atoms with Gasteiger partial charge in [-0.2, -0.15) is 5.10 Å². The lowest BCUT2D eigenvalue weighted by Gasteiger charge is -2.02. The summed E-state index contributed by atoms with van der Waals surface area (Å²) in [4.78, 5) is 0. The van der Waals surface area contributed by atoms with Crippen LogP contribution in [-0.2, 0) is 0 Å². The summed E-state index contributed by atoms with van der Waals surface area (Å²) in [6.45, 7) is 0.239. The van der Waals surface area contributed by atoms with E-state index in [4.69, 9.17) is 13.9 Å². The summed E-state index contributed by atoms with van der Waals surface area (Å²) < 4.78 is 16.0. The maximum Gasteiger partial charge on any atom is 0.320 e. The Labute approximate surface area is 112 Å². The first-order valence-electron chi connectivity index (χ1n) is 5.88. The quantitative estimate of drug-likeness (QED) is 0.751. The fourth-order valence-electron chi connectivity index (χ4n) is 1.86. The van der Waals surface area contributed by atoms with Gasteiger partial charge in [0.25, 0.3) is 5.89 Å². The van der Waals surface area contributed by atoms with E-state index >= 15 is 0 Å². The van der Waals surface area contributed by atoms with Gasteiger partial charge in [0.1, 0.15) is 5.69 Å². The number of nitrogens with zero attached hydrogens (tertiary/aromatic N) is 3. The first-order chi connectivity index (χ1) is 9.88. The smallest absolute Gasteiger partial charge is 0.320 e. The Hall–Kier alpha value is -3.03. The largest absolute Gasteiger partial charge is 0.454 e. The molecule has 20 heavy (non-hydrogen) atoms. The Morgan fingerprint density at radius 1 is 1.10 bits per heavy atom. The molecule has 0 spiro atoms. The number of rotatable bonds is 3. The lowest BCUT2D eigenvalue weighted by atomic mass is 10.3. The highest BCUT2D eigenvalue weighted by Gasteiger charge is 2.15. The van der Waals surface area contributed by atoms with E-state index in [1.54, 1.807) is 12.3 Å². The SMILES string of the molecule is c1cc(-c2nnc(Nc3ccc4c(c3)OCO4)o2)[nH]n1. The molecule has 0 saturated carbocycles. The van der Waals surface area contributed by atoms with Gasteiger partial charge in [-0.05, 0) is 18.2 Å². The second-order valence-corrected chi connectivity index (χ2v) is 4.08. The van der Waals surface area contributed by atoms with Crippen LogP contribution in [0.2, 0.25) is 0 Å². The molecule has 0 unspecified atom stereocenters. The van der Waals surface area contributed by atoms with Crippen molar-refractivity contribution in [1.82, 2.24) is 20.4 Å². The minimum absolute atomic E-state index is 0.239. The van der Waals surface area contributed by atoms with Crippen LogP contribution in [0.5, 0.6) is 11.5 Å². The van der Waals surface area contributed by atoms with Crippen LogP contribution < -0.4 is 14.8 Å². The molecule has 4 rings (SSSR count). The van der Waals surface area contributed by atoms with E-state index in [9.17, 15) is 0 Å². The summed E-state index contributed by atoms with van der Waals surface area (Å²) in [5.74, 6) is 1.77. The van der Waals surface area contributed by atoms with Crippen LogP contribution in [0, 0.1) is 0 Å². The number of aromatic amines is 1. The number of nitrogens with one attached hydrogen (secondary N) is 2. The fraction of sp³-hybridized carbons (Fsp3) is 0.0833. The average Bonchev–Trinajstić information content (AvgIpc) is 3.19. The minimum Gasteiger partial charge on any atom is -0.454 e. The van der Waals surface area contributed by atoms with Crippen LogP contribution >= 0.6 is 0 Å². The molecule has 0 radical (unpaired) electrons. The molecule has 2 aromatic heterocycles. The van der Waals surface area contributed by atoms with Crippen molar-refractivity contribution >= 4 is 11.7 Å². The lowest BCUT2D eigenvalue weighted by Crippen LogP contribution is -1.93. The molecule has 100 valence electrons. The third kappa shape index (κ3) is 1.83. The summed E-state index contributed by atoms with van der Waals surface area (Å²) in [5.41, 5.74) is 1.44. The molecule has 0 saturated heterocycles. The number of anilines is 2. The molecule has 1 aromatic carbocycles. The Kier molecular flexibility index (Phi) is 2.31. The maximum absolute atomic E-state index is 5.47.